The fourth-order valence-electron chi connectivity index (χ4n) is 4.65. The Labute approximate surface area is 212 Å². The second-order valence-electron chi connectivity index (χ2n) is 8.89. The van der Waals surface area contributed by atoms with Crippen LogP contribution in [0.2, 0.25) is 0 Å². The third-order valence-corrected chi connectivity index (χ3v) is 6.69. The lowest BCUT2D eigenvalue weighted by atomic mass is 10.0. The molecule has 0 bridgehead atoms. The number of benzene rings is 3. The van der Waals surface area contributed by atoms with Crippen LogP contribution in [0.5, 0.6) is 23.0 Å². The van der Waals surface area contributed by atoms with Crippen molar-refractivity contribution in [1.29, 1.82) is 0 Å². The van der Waals surface area contributed by atoms with Gasteiger partial charge in [0.05, 0.1) is 19.7 Å². The number of methoxy groups -OCH3 is 2. The number of pyridine rings is 1. The molecule has 7 heteroatoms. The minimum atomic E-state index is 0.631. The van der Waals surface area contributed by atoms with E-state index in [1.807, 2.05) is 42.5 Å². The lowest BCUT2D eigenvalue weighted by molar-refractivity contribution is 0.355. The van der Waals surface area contributed by atoms with Crippen LogP contribution in [0.15, 0.2) is 72.9 Å². The number of hydrogen-bond acceptors (Lipinski definition) is 7. The van der Waals surface area contributed by atoms with Crippen LogP contribution in [0.1, 0.15) is 12.8 Å². The molecular weight excluding hydrogens is 452 g/mol. The zero-order valence-electron chi connectivity index (χ0n) is 21.0. The van der Waals surface area contributed by atoms with Crippen molar-refractivity contribution in [2.75, 3.05) is 44.6 Å². The lowest BCUT2D eigenvalue weighted by Gasteiger charge is -2.33. The number of fused-ring (bicyclic) bond motifs is 1. The van der Waals surface area contributed by atoms with E-state index in [4.69, 9.17) is 14.2 Å². The fraction of sp³-hybridized carbons (Fsp3) is 0.276. The summed E-state index contributed by atoms with van der Waals surface area (Å²) in [5.41, 5.74) is 4.03. The largest absolute Gasteiger partial charge is 0.493 e. The standard InChI is InChI=1S/C29H32N4O3/c1-30-20-12-15-33(16-13-20)23-9-7-21(8-10-23)32-22-5-4-6-24(17-22)36-27-11-14-31-26-19-29(35-3)28(34-2)18-25(26)27/h4-11,14,17-20,30,32H,12-13,15-16H2,1-3H3. The highest BCUT2D eigenvalue weighted by Gasteiger charge is 2.18. The number of rotatable bonds is 8. The molecule has 0 amide bonds. The summed E-state index contributed by atoms with van der Waals surface area (Å²) < 4.78 is 17.1. The van der Waals surface area contributed by atoms with E-state index in [9.17, 15) is 0 Å². The number of piperidine rings is 1. The van der Waals surface area contributed by atoms with Crippen LogP contribution in [-0.2, 0) is 0 Å². The second-order valence-corrected chi connectivity index (χ2v) is 8.89. The molecule has 0 radical (unpaired) electrons. The van der Waals surface area contributed by atoms with Gasteiger partial charge in [0, 0.05) is 59.9 Å². The Kier molecular flexibility index (Phi) is 7.09. The molecule has 0 spiro atoms. The Morgan fingerprint density at radius 2 is 1.58 bits per heavy atom. The zero-order valence-corrected chi connectivity index (χ0v) is 21.0. The van der Waals surface area contributed by atoms with E-state index in [-0.39, 0.29) is 0 Å². The van der Waals surface area contributed by atoms with E-state index in [2.05, 4.69) is 51.8 Å². The number of aromatic nitrogens is 1. The van der Waals surface area contributed by atoms with Gasteiger partial charge in [0.25, 0.3) is 0 Å². The summed E-state index contributed by atoms with van der Waals surface area (Å²) >= 11 is 0. The molecule has 1 aliphatic heterocycles. The van der Waals surface area contributed by atoms with Gasteiger partial charge in [-0.1, -0.05) is 6.07 Å². The predicted octanol–water partition coefficient (Wildman–Crippen LogP) is 5.98. The van der Waals surface area contributed by atoms with Crippen LogP contribution in [-0.4, -0.2) is 45.4 Å². The van der Waals surface area contributed by atoms with Gasteiger partial charge in [0.1, 0.15) is 11.5 Å². The maximum atomic E-state index is 6.27. The van der Waals surface area contributed by atoms with Crippen LogP contribution >= 0.6 is 0 Å². The lowest BCUT2D eigenvalue weighted by Crippen LogP contribution is -2.41. The van der Waals surface area contributed by atoms with Crippen LogP contribution < -0.4 is 29.7 Å². The van der Waals surface area contributed by atoms with E-state index >= 15 is 0 Å². The average molecular weight is 485 g/mol. The van der Waals surface area contributed by atoms with E-state index in [0.717, 1.165) is 41.1 Å². The number of ether oxygens (including phenoxy) is 3. The smallest absolute Gasteiger partial charge is 0.162 e. The molecule has 0 aliphatic carbocycles. The highest BCUT2D eigenvalue weighted by Crippen LogP contribution is 2.37. The topological polar surface area (TPSA) is 67.9 Å². The van der Waals surface area contributed by atoms with Crippen molar-refractivity contribution >= 4 is 28.0 Å². The van der Waals surface area contributed by atoms with E-state index in [0.29, 0.717) is 23.3 Å². The van der Waals surface area contributed by atoms with Crippen LogP contribution in [0.3, 0.4) is 0 Å². The quantitative estimate of drug-likeness (QED) is 0.319. The van der Waals surface area contributed by atoms with Gasteiger partial charge in [-0.05, 0) is 68.4 Å². The average Bonchev–Trinajstić information content (AvgIpc) is 2.93. The van der Waals surface area contributed by atoms with Gasteiger partial charge in [-0.25, -0.2) is 0 Å². The van der Waals surface area contributed by atoms with Gasteiger partial charge in [-0.2, -0.15) is 0 Å². The molecule has 2 N–H and O–H groups in total. The van der Waals surface area contributed by atoms with E-state index < -0.39 is 0 Å². The highest BCUT2D eigenvalue weighted by molar-refractivity contribution is 5.88. The van der Waals surface area contributed by atoms with Crippen molar-refractivity contribution in [2.24, 2.45) is 0 Å². The fourth-order valence-corrected chi connectivity index (χ4v) is 4.65. The third kappa shape index (κ3) is 5.16. The number of anilines is 3. The van der Waals surface area contributed by atoms with Gasteiger partial charge in [0.15, 0.2) is 11.5 Å². The maximum Gasteiger partial charge on any atom is 0.162 e. The van der Waals surface area contributed by atoms with Crippen molar-refractivity contribution in [1.82, 2.24) is 10.3 Å². The van der Waals surface area contributed by atoms with Gasteiger partial charge in [-0.15, -0.1) is 0 Å². The molecule has 1 aromatic heterocycles. The molecule has 7 nitrogen and oxygen atoms in total. The first-order valence-electron chi connectivity index (χ1n) is 12.2. The molecule has 1 fully saturated rings. The normalized spacial score (nSPS) is 14.0. The Balaban J connectivity index is 1.30. The molecule has 0 saturated carbocycles. The summed E-state index contributed by atoms with van der Waals surface area (Å²) in [6, 6.07) is 22.8. The first-order valence-corrected chi connectivity index (χ1v) is 12.2. The molecular formula is C29H32N4O3. The van der Waals surface area contributed by atoms with Crippen molar-refractivity contribution in [3.05, 3.63) is 72.9 Å². The monoisotopic (exact) mass is 484 g/mol. The van der Waals surface area contributed by atoms with Gasteiger partial charge < -0.3 is 29.7 Å². The Hall–Kier alpha value is -3.97. The first kappa shape index (κ1) is 23.8. The molecule has 3 aromatic carbocycles. The Bertz CT molecular complexity index is 1320. The van der Waals surface area contributed by atoms with Gasteiger partial charge in [0.2, 0.25) is 0 Å². The van der Waals surface area contributed by atoms with Crippen molar-refractivity contribution in [3.63, 3.8) is 0 Å². The molecule has 0 atom stereocenters. The minimum absolute atomic E-state index is 0.631. The van der Waals surface area contributed by atoms with E-state index in [1.165, 1.54) is 18.5 Å². The van der Waals surface area contributed by atoms with Crippen molar-refractivity contribution in [3.8, 4) is 23.0 Å². The Morgan fingerprint density at radius 3 is 2.31 bits per heavy atom. The summed E-state index contributed by atoms with van der Waals surface area (Å²) in [7, 11) is 5.28. The summed E-state index contributed by atoms with van der Waals surface area (Å²) in [5.74, 6) is 2.69. The Morgan fingerprint density at radius 1 is 0.833 bits per heavy atom. The molecule has 2 heterocycles. The summed E-state index contributed by atoms with van der Waals surface area (Å²) in [4.78, 5) is 6.91. The molecule has 36 heavy (non-hydrogen) atoms. The molecule has 1 aliphatic rings. The number of nitrogens with zero attached hydrogens (tertiary/aromatic N) is 2. The van der Waals surface area contributed by atoms with Crippen LogP contribution in [0.4, 0.5) is 17.1 Å². The molecule has 186 valence electrons. The van der Waals surface area contributed by atoms with Crippen molar-refractivity contribution < 1.29 is 14.2 Å². The minimum Gasteiger partial charge on any atom is -0.493 e. The SMILES string of the molecule is CNC1CCN(c2ccc(Nc3cccc(Oc4ccnc5cc(OC)c(OC)cc45)c3)cc2)CC1. The molecule has 0 unspecified atom stereocenters. The summed E-state index contributed by atoms with van der Waals surface area (Å²) in [5, 5.41) is 7.73. The zero-order chi connectivity index (χ0) is 24.9. The predicted molar refractivity (Wildman–Crippen MR) is 145 cm³/mol. The van der Waals surface area contributed by atoms with Crippen LogP contribution in [0.25, 0.3) is 10.9 Å². The van der Waals surface area contributed by atoms with Crippen LogP contribution in [0, 0.1) is 0 Å². The number of nitrogens with one attached hydrogen (secondary N) is 2. The summed E-state index contributed by atoms with van der Waals surface area (Å²) in [6.45, 7) is 2.17. The summed E-state index contributed by atoms with van der Waals surface area (Å²) in [6.07, 6.45) is 4.08. The van der Waals surface area contributed by atoms with Gasteiger partial charge >= 0.3 is 0 Å². The molecule has 1 saturated heterocycles. The highest BCUT2D eigenvalue weighted by atomic mass is 16.5. The second kappa shape index (κ2) is 10.7. The molecule has 5 rings (SSSR count). The van der Waals surface area contributed by atoms with E-state index in [1.54, 1.807) is 20.4 Å². The molecule has 4 aromatic rings. The van der Waals surface area contributed by atoms with Gasteiger partial charge in [-0.3, -0.25) is 4.98 Å². The number of hydrogen-bond donors (Lipinski definition) is 2. The first-order chi connectivity index (χ1) is 17.7. The third-order valence-electron chi connectivity index (χ3n) is 6.69. The maximum absolute atomic E-state index is 6.27. The van der Waals surface area contributed by atoms with Crippen molar-refractivity contribution in [2.45, 2.75) is 18.9 Å².